The van der Waals surface area contributed by atoms with Crippen LogP contribution in [0.5, 0.6) is 0 Å². The van der Waals surface area contributed by atoms with E-state index in [0.29, 0.717) is 5.69 Å². The Hall–Kier alpha value is -1.32. The van der Waals surface area contributed by atoms with Crippen molar-refractivity contribution < 1.29 is 13.2 Å². The maximum absolute atomic E-state index is 11.6. The molecule has 4 heteroatoms. The van der Waals surface area contributed by atoms with E-state index in [1.807, 2.05) is 0 Å². The summed E-state index contributed by atoms with van der Waals surface area (Å²) in [5.74, 6) is 0. The van der Waals surface area contributed by atoms with Gasteiger partial charge in [0.15, 0.2) is 0 Å². The fourth-order valence-electron chi connectivity index (χ4n) is 0.662. The van der Waals surface area contributed by atoms with Crippen molar-refractivity contribution in [1.82, 2.24) is 0 Å². The molecular formula is C8H6F3N. The lowest BCUT2D eigenvalue weighted by Crippen LogP contribution is -2.07. The van der Waals surface area contributed by atoms with Gasteiger partial charge in [-0.05, 0) is 12.1 Å². The molecule has 0 saturated carbocycles. The average molecular weight is 173 g/mol. The zero-order valence-corrected chi connectivity index (χ0v) is 6.05. The maximum Gasteiger partial charge on any atom is 0.426 e. The molecule has 1 aromatic rings. The molecule has 0 amide bonds. The molecule has 0 saturated heterocycles. The minimum Gasteiger partial charge on any atom is -0.252 e. The second-order valence-electron chi connectivity index (χ2n) is 2.14. The maximum atomic E-state index is 11.6. The van der Waals surface area contributed by atoms with Gasteiger partial charge in [-0.15, -0.1) is 0 Å². The zero-order valence-electron chi connectivity index (χ0n) is 6.05. The van der Waals surface area contributed by atoms with Gasteiger partial charge in [-0.25, -0.2) is 0 Å². The van der Waals surface area contributed by atoms with Gasteiger partial charge in [0.1, 0.15) is 6.21 Å². The van der Waals surface area contributed by atoms with Gasteiger partial charge < -0.3 is 0 Å². The number of alkyl halides is 3. The lowest BCUT2D eigenvalue weighted by molar-refractivity contribution is -0.0535. The fraction of sp³-hybridized carbons (Fsp3) is 0.125. The predicted molar refractivity (Wildman–Crippen MR) is 40.6 cm³/mol. The third-order valence-corrected chi connectivity index (χ3v) is 1.12. The van der Waals surface area contributed by atoms with E-state index in [2.05, 4.69) is 4.99 Å². The van der Waals surface area contributed by atoms with E-state index in [4.69, 9.17) is 0 Å². The smallest absolute Gasteiger partial charge is 0.252 e. The molecule has 0 unspecified atom stereocenters. The first-order valence-corrected chi connectivity index (χ1v) is 3.25. The van der Waals surface area contributed by atoms with Gasteiger partial charge in [0.25, 0.3) is 0 Å². The molecule has 1 aromatic carbocycles. The highest BCUT2D eigenvalue weighted by molar-refractivity contribution is 5.68. The molecule has 0 aromatic heterocycles. The second-order valence-corrected chi connectivity index (χ2v) is 2.14. The zero-order chi connectivity index (χ0) is 9.03. The van der Waals surface area contributed by atoms with Crippen LogP contribution < -0.4 is 0 Å². The van der Waals surface area contributed by atoms with Gasteiger partial charge in [0, 0.05) is 0 Å². The minimum absolute atomic E-state index is 0.0255. The van der Waals surface area contributed by atoms with E-state index < -0.39 is 6.18 Å². The number of aliphatic imine (C=N–C) groups is 1. The topological polar surface area (TPSA) is 12.4 Å². The van der Waals surface area contributed by atoms with Crippen LogP contribution >= 0.6 is 0 Å². The van der Waals surface area contributed by atoms with Gasteiger partial charge >= 0.3 is 6.18 Å². The fourth-order valence-corrected chi connectivity index (χ4v) is 0.662. The van der Waals surface area contributed by atoms with Crippen molar-refractivity contribution in [3.63, 3.8) is 0 Å². The summed E-state index contributed by atoms with van der Waals surface area (Å²) in [6.07, 6.45) is -4.36. The molecule has 0 radical (unpaired) electrons. The summed E-state index contributed by atoms with van der Waals surface area (Å²) in [6, 6.07) is 7.98. The number of hydrogen-bond donors (Lipinski definition) is 0. The Kier molecular flexibility index (Phi) is 2.47. The SMILES string of the molecule is FC(F)(F)C=Nc1ccccc1. The van der Waals surface area contributed by atoms with Crippen LogP contribution in [0.3, 0.4) is 0 Å². The van der Waals surface area contributed by atoms with E-state index in [1.54, 1.807) is 18.2 Å². The molecule has 0 N–H and O–H groups in total. The quantitative estimate of drug-likeness (QED) is 0.579. The van der Waals surface area contributed by atoms with Crippen molar-refractivity contribution >= 4 is 11.9 Å². The van der Waals surface area contributed by atoms with E-state index in [0.717, 1.165) is 0 Å². The summed E-state index contributed by atoms with van der Waals surface area (Å²) in [5.41, 5.74) is 0.301. The van der Waals surface area contributed by atoms with Crippen molar-refractivity contribution in [2.45, 2.75) is 6.18 Å². The van der Waals surface area contributed by atoms with Crippen LogP contribution in [0.4, 0.5) is 18.9 Å². The normalized spacial score (nSPS) is 12.2. The van der Waals surface area contributed by atoms with Crippen molar-refractivity contribution in [3.8, 4) is 0 Å². The van der Waals surface area contributed by atoms with Crippen LogP contribution in [-0.4, -0.2) is 12.4 Å². The van der Waals surface area contributed by atoms with Crippen molar-refractivity contribution in [1.29, 1.82) is 0 Å². The Bertz CT molecular complexity index is 263. The first-order valence-electron chi connectivity index (χ1n) is 3.25. The highest BCUT2D eigenvalue weighted by Crippen LogP contribution is 2.15. The third-order valence-electron chi connectivity index (χ3n) is 1.12. The van der Waals surface area contributed by atoms with E-state index in [-0.39, 0.29) is 6.21 Å². The van der Waals surface area contributed by atoms with Crippen LogP contribution in [0, 0.1) is 0 Å². The van der Waals surface area contributed by atoms with E-state index in [9.17, 15) is 13.2 Å². The van der Waals surface area contributed by atoms with Crippen LogP contribution in [0.15, 0.2) is 35.3 Å². The molecule has 1 rings (SSSR count). The van der Waals surface area contributed by atoms with E-state index in [1.165, 1.54) is 12.1 Å². The van der Waals surface area contributed by atoms with Crippen molar-refractivity contribution in [2.24, 2.45) is 4.99 Å². The number of benzene rings is 1. The summed E-state index contributed by atoms with van der Waals surface area (Å²) in [6.45, 7) is 0. The Labute approximate surface area is 67.6 Å². The second kappa shape index (κ2) is 3.38. The van der Waals surface area contributed by atoms with Gasteiger partial charge in [-0.2, -0.15) is 13.2 Å². The van der Waals surface area contributed by atoms with Gasteiger partial charge in [-0.1, -0.05) is 18.2 Å². The average Bonchev–Trinajstić information content (AvgIpc) is 2.02. The third kappa shape index (κ3) is 3.18. The number of para-hydroxylation sites is 1. The molecule has 0 fully saturated rings. The van der Waals surface area contributed by atoms with Crippen molar-refractivity contribution in [3.05, 3.63) is 30.3 Å². The number of rotatable bonds is 1. The highest BCUT2D eigenvalue weighted by atomic mass is 19.4. The van der Waals surface area contributed by atoms with E-state index >= 15 is 0 Å². The molecule has 0 heterocycles. The lowest BCUT2D eigenvalue weighted by Gasteiger charge is -1.96. The summed E-state index contributed by atoms with van der Waals surface area (Å²) < 4.78 is 34.8. The molecule has 64 valence electrons. The molecule has 0 aliphatic heterocycles. The molecule has 0 atom stereocenters. The molecule has 0 bridgehead atoms. The molecule has 1 nitrogen and oxygen atoms in total. The summed E-state index contributed by atoms with van der Waals surface area (Å²) in [5, 5.41) is 0. The first kappa shape index (κ1) is 8.77. The molecule has 0 aliphatic rings. The summed E-state index contributed by atoms with van der Waals surface area (Å²) in [7, 11) is 0. The van der Waals surface area contributed by atoms with Gasteiger partial charge in [0.05, 0.1) is 5.69 Å². The Morgan fingerprint density at radius 3 is 2.17 bits per heavy atom. The monoisotopic (exact) mass is 173 g/mol. The standard InChI is InChI=1S/C8H6F3N/c9-8(10,11)6-12-7-4-2-1-3-5-7/h1-6H. The highest BCUT2D eigenvalue weighted by Gasteiger charge is 2.23. The predicted octanol–water partition coefficient (Wildman–Crippen LogP) is 2.95. The van der Waals surface area contributed by atoms with Crippen molar-refractivity contribution in [2.75, 3.05) is 0 Å². The number of halogens is 3. The number of nitrogens with zero attached hydrogens (tertiary/aromatic N) is 1. The van der Waals surface area contributed by atoms with Crippen LogP contribution in [0.25, 0.3) is 0 Å². The largest absolute Gasteiger partial charge is 0.426 e. The Morgan fingerprint density at radius 1 is 1.08 bits per heavy atom. The summed E-state index contributed by atoms with van der Waals surface area (Å²) >= 11 is 0. The number of hydrogen-bond acceptors (Lipinski definition) is 1. The van der Waals surface area contributed by atoms with Crippen LogP contribution in [0.2, 0.25) is 0 Å². The minimum atomic E-state index is -4.34. The van der Waals surface area contributed by atoms with Gasteiger partial charge in [-0.3, -0.25) is 4.99 Å². The molecule has 12 heavy (non-hydrogen) atoms. The molecule has 0 aliphatic carbocycles. The van der Waals surface area contributed by atoms with Gasteiger partial charge in [0.2, 0.25) is 0 Å². The molecular weight excluding hydrogens is 167 g/mol. The Morgan fingerprint density at radius 2 is 1.67 bits per heavy atom. The first-order chi connectivity index (χ1) is 5.58. The summed E-state index contributed by atoms with van der Waals surface area (Å²) in [4.78, 5) is 3.23. The lowest BCUT2D eigenvalue weighted by atomic mass is 10.3. The van der Waals surface area contributed by atoms with Crippen LogP contribution in [-0.2, 0) is 0 Å². The van der Waals surface area contributed by atoms with Crippen LogP contribution in [0.1, 0.15) is 0 Å². The Balaban J connectivity index is 2.71. The molecule has 0 spiro atoms.